The van der Waals surface area contributed by atoms with Gasteiger partial charge in [0.15, 0.2) is 5.69 Å². The first-order valence-electron chi connectivity index (χ1n) is 8.22. The van der Waals surface area contributed by atoms with Gasteiger partial charge < -0.3 is 5.32 Å². The third-order valence-electron chi connectivity index (χ3n) is 4.04. The Bertz CT molecular complexity index is 944. The van der Waals surface area contributed by atoms with Crippen LogP contribution < -0.4 is 31.5 Å². The number of fused-ring (bicyclic) bond motifs is 1. The molecule has 1 aromatic carbocycles. The highest BCUT2D eigenvalue weighted by atomic mass is 16.1. The average Bonchev–Trinajstić information content (AvgIpc) is 2.95. The van der Waals surface area contributed by atoms with Crippen molar-refractivity contribution in [1.82, 2.24) is 15.4 Å². The Kier molecular flexibility index (Phi) is 5.14. The number of hydrazone groups is 1. The molecule has 1 amide bonds. The van der Waals surface area contributed by atoms with Crippen LogP contribution in [0, 0.1) is 0 Å². The Hall–Kier alpha value is -3.39. The molecule has 134 valence electrons. The molecule has 0 radical (unpaired) electrons. The van der Waals surface area contributed by atoms with Gasteiger partial charge in [-0.2, -0.15) is 10.5 Å². The van der Waals surface area contributed by atoms with Gasteiger partial charge in [-0.25, -0.2) is 14.4 Å². The van der Waals surface area contributed by atoms with Gasteiger partial charge in [0.25, 0.3) is 12.0 Å². The molecule has 0 bridgehead atoms. The molecule has 0 aliphatic rings. The number of rotatable bonds is 6. The standard InChI is InChI=1S/C18H21N7O/c1-13(26)23-16-7-8-18-24(2)17(11-25(18)10-16)15-5-3-14(4-6-15)9-21-22-12-20-19/h3-8,10-12,21H,9,19H2,1-2H3,(H-,20,22,23,26)/p+2. The van der Waals surface area contributed by atoms with Gasteiger partial charge in [0.2, 0.25) is 5.91 Å². The number of anilines is 1. The molecule has 0 aliphatic heterocycles. The summed E-state index contributed by atoms with van der Waals surface area (Å²) in [4.78, 5) is 11.2. The first-order valence-corrected chi connectivity index (χ1v) is 8.22. The van der Waals surface area contributed by atoms with E-state index in [-0.39, 0.29) is 5.91 Å². The number of benzene rings is 1. The summed E-state index contributed by atoms with van der Waals surface area (Å²) in [5.74, 6) is 5.05. The fraction of sp³-hybridized carbons (Fsp3) is 0.167. The van der Waals surface area contributed by atoms with E-state index in [1.54, 1.807) is 0 Å². The first kappa shape index (κ1) is 17.4. The number of aromatic nitrogens is 2. The van der Waals surface area contributed by atoms with Crippen LogP contribution >= 0.6 is 0 Å². The second-order valence-corrected chi connectivity index (χ2v) is 5.94. The van der Waals surface area contributed by atoms with Crippen LogP contribution in [0.3, 0.4) is 0 Å². The molecular weight excluding hydrogens is 330 g/mol. The molecule has 2 heterocycles. The van der Waals surface area contributed by atoms with Crippen molar-refractivity contribution in [3.8, 4) is 11.3 Å². The van der Waals surface area contributed by atoms with Crippen LogP contribution in [-0.2, 0) is 18.4 Å². The van der Waals surface area contributed by atoms with Crippen molar-refractivity contribution in [2.45, 2.75) is 13.5 Å². The van der Waals surface area contributed by atoms with Crippen molar-refractivity contribution in [2.75, 3.05) is 5.32 Å². The maximum absolute atomic E-state index is 11.2. The van der Waals surface area contributed by atoms with E-state index in [9.17, 15) is 4.79 Å². The molecular formula is C18H23N7O+2. The zero-order valence-corrected chi connectivity index (χ0v) is 14.8. The summed E-state index contributed by atoms with van der Waals surface area (Å²) in [6, 6.07) is 12.2. The van der Waals surface area contributed by atoms with E-state index in [1.807, 2.05) is 29.8 Å². The smallest absolute Gasteiger partial charge is 0.286 e. The lowest BCUT2D eigenvalue weighted by molar-refractivity contribution is -0.509. The van der Waals surface area contributed by atoms with Crippen molar-refractivity contribution in [1.29, 1.82) is 0 Å². The van der Waals surface area contributed by atoms with E-state index in [4.69, 9.17) is 5.84 Å². The molecule has 6 N–H and O–H groups in total. The number of hydrazine groups is 2. The number of hydrogen-bond acceptors (Lipinski definition) is 3. The minimum absolute atomic E-state index is 0.0837. The third-order valence-corrected chi connectivity index (χ3v) is 4.04. The van der Waals surface area contributed by atoms with Gasteiger partial charge in [0.1, 0.15) is 12.4 Å². The maximum atomic E-state index is 11.2. The molecule has 3 aromatic rings. The zero-order chi connectivity index (χ0) is 18.5. The fourth-order valence-corrected chi connectivity index (χ4v) is 2.82. The molecule has 0 saturated carbocycles. The number of nitrogens with one attached hydrogen (secondary N) is 4. The fourth-order valence-electron chi connectivity index (χ4n) is 2.82. The van der Waals surface area contributed by atoms with Crippen LogP contribution in [0.5, 0.6) is 0 Å². The number of nitrogens with two attached hydrogens (primary N) is 1. The van der Waals surface area contributed by atoms with E-state index >= 15 is 0 Å². The van der Waals surface area contributed by atoms with E-state index in [1.165, 1.54) is 13.3 Å². The molecule has 8 heteroatoms. The number of amides is 1. The Balaban J connectivity index is 1.83. The molecule has 26 heavy (non-hydrogen) atoms. The van der Waals surface area contributed by atoms with Crippen LogP contribution in [0.2, 0.25) is 0 Å². The number of carbonyl (C=O) groups excluding carboxylic acids is 1. The van der Waals surface area contributed by atoms with E-state index in [0.717, 1.165) is 28.2 Å². The summed E-state index contributed by atoms with van der Waals surface area (Å²) in [5.41, 5.74) is 11.0. The average molecular weight is 353 g/mol. The molecule has 0 fully saturated rings. The maximum Gasteiger partial charge on any atom is 0.286 e. The molecule has 0 spiro atoms. The molecule has 0 aliphatic carbocycles. The summed E-state index contributed by atoms with van der Waals surface area (Å²) >= 11 is 0. The van der Waals surface area contributed by atoms with Gasteiger partial charge in [0.05, 0.1) is 19.3 Å². The van der Waals surface area contributed by atoms with Gasteiger partial charge in [-0.3, -0.25) is 10.6 Å². The Morgan fingerprint density at radius 3 is 2.69 bits per heavy atom. The number of aryl methyl sites for hydroxylation is 1. The van der Waals surface area contributed by atoms with Crippen molar-refractivity contribution >= 4 is 23.6 Å². The minimum Gasteiger partial charge on any atom is -0.323 e. The summed E-state index contributed by atoms with van der Waals surface area (Å²) in [6.45, 7) is 2.17. The number of carbonyl (C=O) groups is 1. The van der Waals surface area contributed by atoms with Crippen molar-refractivity contribution in [3.63, 3.8) is 0 Å². The van der Waals surface area contributed by atoms with E-state index < -0.39 is 0 Å². The lowest BCUT2D eigenvalue weighted by atomic mass is 10.1. The van der Waals surface area contributed by atoms with Crippen molar-refractivity contribution in [3.05, 3.63) is 54.4 Å². The Labute approximate surface area is 151 Å². The van der Waals surface area contributed by atoms with Gasteiger partial charge >= 0.3 is 0 Å². The Morgan fingerprint density at radius 1 is 1.23 bits per heavy atom. The molecule has 0 unspecified atom stereocenters. The normalized spacial score (nSPS) is 11.2. The lowest BCUT2D eigenvalue weighted by Crippen LogP contribution is -2.79. The summed E-state index contributed by atoms with van der Waals surface area (Å²) in [5, 5.41) is 5.20. The van der Waals surface area contributed by atoms with Crippen LogP contribution in [0.1, 0.15) is 12.5 Å². The highest BCUT2D eigenvalue weighted by molar-refractivity contribution is 5.88. The summed E-state index contributed by atoms with van der Waals surface area (Å²) in [6.07, 6.45) is 5.47. The largest absolute Gasteiger partial charge is 0.323 e. The summed E-state index contributed by atoms with van der Waals surface area (Å²) < 4.78 is 4.13. The molecule has 2 aromatic heterocycles. The quantitative estimate of drug-likeness (QED) is 0.0976. The van der Waals surface area contributed by atoms with Crippen LogP contribution in [-0.4, -0.2) is 16.8 Å². The Morgan fingerprint density at radius 2 is 2.00 bits per heavy atom. The van der Waals surface area contributed by atoms with Crippen molar-refractivity contribution in [2.24, 2.45) is 12.9 Å². The predicted molar refractivity (Wildman–Crippen MR) is 99.5 cm³/mol. The molecule has 8 nitrogen and oxygen atoms in total. The van der Waals surface area contributed by atoms with Gasteiger partial charge in [0, 0.05) is 18.6 Å². The second kappa shape index (κ2) is 7.66. The van der Waals surface area contributed by atoms with Gasteiger partial charge in [-0.05, 0) is 11.6 Å². The second-order valence-electron chi connectivity index (χ2n) is 5.94. The number of nitrogens with zero attached hydrogens (tertiary/aromatic N) is 2. The van der Waals surface area contributed by atoms with Crippen LogP contribution in [0.4, 0.5) is 5.69 Å². The molecule has 0 saturated heterocycles. The number of imidazole rings is 1. The summed E-state index contributed by atoms with van der Waals surface area (Å²) in [7, 11) is 2.03. The predicted octanol–water partition coefficient (Wildman–Crippen LogP) is -1.03. The third kappa shape index (κ3) is 3.81. The SMILES string of the molecule is CC(=O)Nc1ccc2n(C)c(-c3ccc(CNNC=[NH+]N)cc3)c[n+]2c1. The van der Waals surface area contributed by atoms with Crippen LogP contribution in [0.15, 0.2) is 48.8 Å². The van der Waals surface area contributed by atoms with E-state index in [0.29, 0.717) is 6.54 Å². The topological polar surface area (TPSA) is 102 Å². The highest BCUT2D eigenvalue weighted by Gasteiger charge is 2.16. The van der Waals surface area contributed by atoms with E-state index in [2.05, 4.69) is 56.3 Å². The van der Waals surface area contributed by atoms with Gasteiger partial charge in [-0.1, -0.05) is 24.3 Å². The van der Waals surface area contributed by atoms with Crippen LogP contribution in [0.25, 0.3) is 16.9 Å². The molecule has 0 atom stereocenters. The first-order chi connectivity index (χ1) is 12.6. The van der Waals surface area contributed by atoms with Crippen molar-refractivity contribution < 1.29 is 14.3 Å². The molecule has 3 rings (SSSR count). The number of hydrogen-bond donors (Lipinski definition) is 5. The lowest BCUT2D eigenvalue weighted by Gasteiger charge is -2.02. The zero-order valence-electron chi connectivity index (χ0n) is 14.8. The highest BCUT2D eigenvalue weighted by Crippen LogP contribution is 2.21. The number of pyridine rings is 1. The monoisotopic (exact) mass is 353 g/mol. The minimum atomic E-state index is -0.0837. The van der Waals surface area contributed by atoms with Gasteiger partial charge in [-0.15, -0.1) is 0 Å².